The van der Waals surface area contributed by atoms with Gasteiger partial charge >= 0.3 is 6.03 Å². The Morgan fingerprint density at radius 2 is 1.89 bits per heavy atom. The number of hydrogen-bond donors (Lipinski definition) is 0. The van der Waals surface area contributed by atoms with Gasteiger partial charge in [0.25, 0.3) is 5.91 Å². The molecule has 0 spiro atoms. The van der Waals surface area contributed by atoms with E-state index in [-0.39, 0.29) is 37.0 Å². The summed E-state index contributed by atoms with van der Waals surface area (Å²) in [6, 6.07) is -0.0852. The fourth-order valence-electron chi connectivity index (χ4n) is 2.20. The minimum absolute atomic E-state index is 0.122. The molecule has 18 heavy (non-hydrogen) atoms. The van der Waals surface area contributed by atoms with Crippen molar-refractivity contribution in [1.29, 1.82) is 0 Å². The van der Waals surface area contributed by atoms with Crippen molar-refractivity contribution in [2.45, 2.75) is 32.7 Å². The number of rotatable bonds is 5. The molecule has 100 valence electrons. The first-order chi connectivity index (χ1) is 8.58. The van der Waals surface area contributed by atoms with Gasteiger partial charge in [-0.2, -0.15) is 0 Å². The van der Waals surface area contributed by atoms with Gasteiger partial charge in [-0.1, -0.05) is 0 Å². The van der Waals surface area contributed by atoms with E-state index in [2.05, 4.69) is 0 Å². The molecule has 1 heterocycles. The number of carbonyl (C=O) groups excluding carboxylic acids is 3. The average molecular weight is 253 g/mol. The molecule has 1 aliphatic heterocycles. The molecule has 0 unspecified atom stereocenters. The summed E-state index contributed by atoms with van der Waals surface area (Å²) in [5.74, 6) is -0.424. The van der Waals surface area contributed by atoms with Crippen LogP contribution >= 0.6 is 0 Å². The first-order valence-electron chi connectivity index (χ1n) is 6.47. The predicted molar refractivity (Wildman–Crippen MR) is 64.8 cm³/mol. The molecule has 6 heteroatoms. The molecule has 1 saturated carbocycles. The Balaban J connectivity index is 1.98. The molecule has 0 atom stereocenters. The Bertz CT molecular complexity index is 375. The molecule has 0 aromatic rings. The second-order valence-electron chi connectivity index (χ2n) is 4.69. The molecule has 2 fully saturated rings. The van der Waals surface area contributed by atoms with Gasteiger partial charge in [0.2, 0.25) is 5.91 Å². The molecule has 2 rings (SSSR count). The first kappa shape index (κ1) is 12.9. The van der Waals surface area contributed by atoms with E-state index in [1.165, 1.54) is 0 Å². The van der Waals surface area contributed by atoms with Gasteiger partial charge in [-0.3, -0.25) is 14.5 Å². The number of hydrogen-bond acceptors (Lipinski definition) is 3. The zero-order chi connectivity index (χ0) is 13.3. The fraction of sp³-hybridized carbons (Fsp3) is 0.750. The molecule has 0 aromatic heterocycles. The van der Waals surface area contributed by atoms with Crippen LogP contribution in [0, 0.1) is 0 Å². The molecule has 2 aliphatic rings. The minimum atomic E-state index is -0.303. The van der Waals surface area contributed by atoms with E-state index < -0.39 is 0 Å². The number of likely N-dealkylation sites (N-methyl/N-ethyl adjacent to an activating group) is 1. The van der Waals surface area contributed by atoms with Crippen LogP contribution in [-0.2, 0) is 9.59 Å². The second kappa shape index (κ2) is 4.96. The monoisotopic (exact) mass is 253 g/mol. The number of amides is 4. The highest BCUT2D eigenvalue weighted by atomic mass is 16.2. The van der Waals surface area contributed by atoms with E-state index in [9.17, 15) is 14.4 Å². The highest BCUT2D eigenvalue weighted by Crippen LogP contribution is 2.30. The maximum atomic E-state index is 12.0. The third kappa shape index (κ3) is 2.32. The third-order valence-electron chi connectivity index (χ3n) is 3.48. The van der Waals surface area contributed by atoms with Gasteiger partial charge in [0.1, 0.15) is 13.1 Å². The van der Waals surface area contributed by atoms with Crippen LogP contribution < -0.4 is 0 Å². The average Bonchev–Trinajstić information content (AvgIpc) is 3.13. The summed E-state index contributed by atoms with van der Waals surface area (Å²) in [5, 5.41) is 0. The largest absolute Gasteiger partial charge is 0.342 e. The molecular formula is C12H19N3O3. The van der Waals surface area contributed by atoms with Crippen LogP contribution in [0.2, 0.25) is 0 Å². The Hall–Kier alpha value is -1.59. The maximum absolute atomic E-state index is 12.0. The molecule has 0 N–H and O–H groups in total. The van der Waals surface area contributed by atoms with Crippen molar-refractivity contribution in [2.75, 3.05) is 26.2 Å². The van der Waals surface area contributed by atoms with E-state index in [1.54, 1.807) is 9.80 Å². The Kier molecular flexibility index (Phi) is 3.54. The van der Waals surface area contributed by atoms with Crippen molar-refractivity contribution >= 4 is 17.8 Å². The van der Waals surface area contributed by atoms with E-state index >= 15 is 0 Å². The quantitative estimate of drug-likeness (QED) is 0.661. The lowest BCUT2D eigenvalue weighted by atomic mass is 10.4. The smallest absolute Gasteiger partial charge is 0.327 e. The van der Waals surface area contributed by atoms with Crippen molar-refractivity contribution in [2.24, 2.45) is 0 Å². The highest BCUT2D eigenvalue weighted by molar-refractivity contribution is 6.04. The summed E-state index contributed by atoms with van der Waals surface area (Å²) in [4.78, 5) is 39.9. The summed E-state index contributed by atoms with van der Waals surface area (Å²) in [6.45, 7) is 4.96. The summed E-state index contributed by atoms with van der Waals surface area (Å²) < 4.78 is 0. The van der Waals surface area contributed by atoms with Gasteiger partial charge in [-0.15, -0.1) is 0 Å². The Labute approximate surface area is 107 Å². The molecular weight excluding hydrogens is 234 g/mol. The van der Waals surface area contributed by atoms with Crippen molar-refractivity contribution in [1.82, 2.24) is 14.7 Å². The summed E-state index contributed by atoms with van der Waals surface area (Å²) in [5.41, 5.74) is 0. The standard InChI is InChI=1S/C12H19N3O3/c1-3-13(4-2)10(16)7-15-11(17)8-14(12(15)18)9-5-6-9/h9H,3-8H2,1-2H3. The second-order valence-corrected chi connectivity index (χ2v) is 4.69. The molecule has 6 nitrogen and oxygen atoms in total. The lowest BCUT2D eigenvalue weighted by Crippen LogP contribution is -2.43. The van der Waals surface area contributed by atoms with Crippen LogP contribution in [0.25, 0.3) is 0 Å². The van der Waals surface area contributed by atoms with Crippen LogP contribution in [0.3, 0.4) is 0 Å². The van der Waals surface area contributed by atoms with Gasteiger partial charge in [0.05, 0.1) is 0 Å². The Morgan fingerprint density at radius 3 is 2.39 bits per heavy atom. The molecule has 0 radical (unpaired) electrons. The van der Waals surface area contributed by atoms with Crippen LogP contribution in [-0.4, -0.2) is 64.8 Å². The molecule has 0 bridgehead atoms. The minimum Gasteiger partial charge on any atom is -0.342 e. The number of carbonyl (C=O) groups is 3. The van der Waals surface area contributed by atoms with Crippen molar-refractivity contribution < 1.29 is 14.4 Å². The lowest BCUT2D eigenvalue weighted by Gasteiger charge is -2.22. The number of imide groups is 1. The molecule has 4 amide bonds. The summed E-state index contributed by atoms with van der Waals surface area (Å²) >= 11 is 0. The van der Waals surface area contributed by atoms with E-state index in [0.29, 0.717) is 13.1 Å². The summed E-state index contributed by atoms with van der Waals surface area (Å²) in [6.07, 6.45) is 1.94. The van der Waals surface area contributed by atoms with Crippen LogP contribution in [0.1, 0.15) is 26.7 Å². The van der Waals surface area contributed by atoms with Gasteiger partial charge in [0.15, 0.2) is 0 Å². The summed E-state index contributed by atoms with van der Waals surface area (Å²) in [7, 11) is 0. The number of urea groups is 1. The van der Waals surface area contributed by atoms with Crippen molar-refractivity contribution in [3.8, 4) is 0 Å². The van der Waals surface area contributed by atoms with Crippen molar-refractivity contribution in [3.63, 3.8) is 0 Å². The van der Waals surface area contributed by atoms with Gasteiger partial charge in [-0.05, 0) is 26.7 Å². The highest BCUT2D eigenvalue weighted by Gasteiger charge is 2.44. The van der Waals surface area contributed by atoms with Gasteiger partial charge in [-0.25, -0.2) is 4.79 Å². The zero-order valence-corrected chi connectivity index (χ0v) is 10.9. The zero-order valence-electron chi connectivity index (χ0n) is 10.9. The third-order valence-corrected chi connectivity index (χ3v) is 3.48. The number of nitrogens with zero attached hydrogens (tertiary/aromatic N) is 3. The fourth-order valence-corrected chi connectivity index (χ4v) is 2.20. The van der Waals surface area contributed by atoms with E-state index in [0.717, 1.165) is 17.7 Å². The topological polar surface area (TPSA) is 60.9 Å². The van der Waals surface area contributed by atoms with Gasteiger partial charge < -0.3 is 9.80 Å². The maximum Gasteiger partial charge on any atom is 0.327 e. The van der Waals surface area contributed by atoms with E-state index in [4.69, 9.17) is 0 Å². The molecule has 1 aliphatic carbocycles. The van der Waals surface area contributed by atoms with Crippen molar-refractivity contribution in [3.05, 3.63) is 0 Å². The normalized spacial score (nSPS) is 19.7. The first-order valence-corrected chi connectivity index (χ1v) is 6.47. The lowest BCUT2D eigenvalue weighted by molar-refractivity contribution is -0.136. The Morgan fingerprint density at radius 1 is 1.28 bits per heavy atom. The van der Waals surface area contributed by atoms with Crippen LogP contribution in [0.15, 0.2) is 0 Å². The molecule has 1 saturated heterocycles. The predicted octanol–water partition coefficient (Wildman–Crippen LogP) is 0.281. The van der Waals surface area contributed by atoms with Gasteiger partial charge in [0, 0.05) is 19.1 Å². The van der Waals surface area contributed by atoms with Crippen LogP contribution in [0.5, 0.6) is 0 Å². The SMILES string of the molecule is CCN(CC)C(=O)CN1C(=O)CN(C2CC2)C1=O. The van der Waals surface area contributed by atoms with E-state index in [1.807, 2.05) is 13.8 Å². The molecule has 0 aromatic carbocycles. The van der Waals surface area contributed by atoms with Crippen LogP contribution in [0.4, 0.5) is 4.79 Å².